The summed E-state index contributed by atoms with van der Waals surface area (Å²) in [5.41, 5.74) is 2.81. The van der Waals surface area contributed by atoms with Gasteiger partial charge in [-0.1, -0.05) is 52.8 Å². The number of aromatic nitrogens is 3. The summed E-state index contributed by atoms with van der Waals surface area (Å²) in [6, 6.07) is 17.8. The Hall–Kier alpha value is -3.58. The van der Waals surface area contributed by atoms with Crippen LogP contribution in [-0.4, -0.2) is 82.5 Å². The van der Waals surface area contributed by atoms with Gasteiger partial charge < -0.3 is 19.5 Å². The van der Waals surface area contributed by atoms with Gasteiger partial charge in [-0.05, 0) is 74.4 Å². The fourth-order valence-electron chi connectivity index (χ4n) is 6.51. The summed E-state index contributed by atoms with van der Waals surface area (Å²) in [4.78, 5) is 18.8. The van der Waals surface area contributed by atoms with Crippen LogP contribution in [0.3, 0.4) is 0 Å². The van der Waals surface area contributed by atoms with Crippen LogP contribution < -0.4 is 14.5 Å². The van der Waals surface area contributed by atoms with E-state index in [2.05, 4.69) is 78.1 Å². The third-order valence-electron chi connectivity index (χ3n) is 10.7. The van der Waals surface area contributed by atoms with Crippen LogP contribution in [0.1, 0.15) is 53.0 Å². The smallest absolute Gasteiger partial charge is 0.267 e. The summed E-state index contributed by atoms with van der Waals surface area (Å²) < 4.78 is 36.1. The van der Waals surface area contributed by atoms with Crippen LogP contribution in [0, 0.1) is 0 Å². The first-order chi connectivity index (χ1) is 23.1. The van der Waals surface area contributed by atoms with E-state index in [1.54, 1.807) is 30.6 Å². The first-order valence-electron chi connectivity index (χ1n) is 17.3. The van der Waals surface area contributed by atoms with E-state index in [0.717, 1.165) is 55.7 Å². The third-order valence-corrected chi connectivity index (χ3v) is 17.0. The number of likely N-dealkylation sites (N-methyl/N-ethyl adjacent to an activating group) is 1. The van der Waals surface area contributed by atoms with Crippen molar-refractivity contribution in [3.05, 3.63) is 72.6 Å². The number of rotatable bonds is 10. The average molecular weight is 702 g/mol. The van der Waals surface area contributed by atoms with Crippen molar-refractivity contribution in [3.8, 4) is 0 Å². The summed E-state index contributed by atoms with van der Waals surface area (Å²) >= 11 is 0. The van der Waals surface area contributed by atoms with Gasteiger partial charge in [-0.25, -0.2) is 17.7 Å². The Labute approximate surface area is 293 Å². The molecule has 0 aliphatic carbocycles. The molecule has 0 radical (unpaired) electrons. The van der Waals surface area contributed by atoms with Crippen LogP contribution in [0.2, 0.25) is 18.1 Å². The third kappa shape index (κ3) is 7.19. The Morgan fingerprint density at radius 1 is 1.02 bits per heavy atom. The van der Waals surface area contributed by atoms with Crippen LogP contribution in [-0.2, 0) is 19.9 Å². The number of hydrogen-bond acceptors (Lipinski definition) is 9. The van der Waals surface area contributed by atoms with Crippen molar-refractivity contribution in [2.24, 2.45) is 0 Å². The number of benzene rings is 2. The van der Waals surface area contributed by atoms with Crippen molar-refractivity contribution in [1.82, 2.24) is 19.9 Å². The highest BCUT2D eigenvalue weighted by Crippen LogP contribution is 2.43. The maximum absolute atomic E-state index is 14.1. The molecule has 1 saturated heterocycles. The number of anilines is 4. The first-order valence-corrected chi connectivity index (χ1v) is 21.6. The first kappa shape index (κ1) is 35.3. The number of nitrogens with zero attached hydrogens (tertiary/aromatic N) is 6. The van der Waals surface area contributed by atoms with E-state index in [1.165, 1.54) is 9.99 Å². The van der Waals surface area contributed by atoms with Gasteiger partial charge in [0, 0.05) is 79.0 Å². The molecular weight excluding hydrogens is 651 g/mol. The summed E-state index contributed by atoms with van der Waals surface area (Å²) in [6.45, 7) is 19.6. The second kappa shape index (κ2) is 13.3. The minimum absolute atomic E-state index is 0.171. The largest absolute Gasteiger partial charge is 0.416 e. The van der Waals surface area contributed by atoms with Crippen molar-refractivity contribution in [1.29, 1.82) is 0 Å². The summed E-state index contributed by atoms with van der Waals surface area (Å²) in [5.74, 6) is 0.744. The molecule has 12 heteroatoms. The zero-order valence-corrected chi connectivity index (χ0v) is 32.0. The molecule has 10 nitrogen and oxygen atoms in total. The Bertz CT molecular complexity index is 1900. The van der Waals surface area contributed by atoms with Gasteiger partial charge >= 0.3 is 0 Å². The molecule has 4 heterocycles. The molecule has 0 atom stereocenters. The number of piperidine rings is 1. The number of hydrogen-bond donors (Lipinski definition) is 1. The number of para-hydroxylation sites is 1. The van der Waals surface area contributed by atoms with Gasteiger partial charge in [0.05, 0.1) is 5.52 Å². The molecular formula is C37H51N7O3SSi. The molecule has 6 rings (SSSR count). The molecule has 1 N–H and O–H groups in total. The Morgan fingerprint density at radius 2 is 1.71 bits per heavy atom. The normalized spacial score (nSPS) is 17.2. The molecule has 1 fully saturated rings. The summed E-state index contributed by atoms with van der Waals surface area (Å²) in [7, 11) is -3.44. The van der Waals surface area contributed by atoms with E-state index in [1.807, 2.05) is 38.1 Å². The van der Waals surface area contributed by atoms with Crippen LogP contribution >= 0.6 is 0 Å². The maximum Gasteiger partial charge on any atom is 0.267 e. The molecule has 2 aliphatic heterocycles. The van der Waals surface area contributed by atoms with Crippen molar-refractivity contribution >= 4 is 52.4 Å². The molecule has 4 aromatic rings. The van der Waals surface area contributed by atoms with Crippen LogP contribution in [0.25, 0.3) is 10.9 Å². The standard InChI is InChI=1S/C37H51N7O3SSi/c1-36(2,3)49(7,8)47-24-23-42(6)29-18-21-43(22-19-29)30-16-14-28(15-17-30)40-35-39-25-31-34(41-35)44(26-37(31,4)5)48(45,46)32-13-9-11-27-12-10-20-38-33(27)32/h9-17,20,25,29H,18-19,21-24,26H2,1-8H3,(H,39,40,41). The Balaban J connectivity index is 1.10. The van der Waals surface area contributed by atoms with Crippen molar-refractivity contribution in [2.45, 2.75) is 81.9 Å². The Kier molecular flexibility index (Phi) is 9.55. The van der Waals surface area contributed by atoms with E-state index in [-0.39, 0.29) is 16.5 Å². The van der Waals surface area contributed by atoms with Gasteiger partial charge in [0.1, 0.15) is 4.90 Å². The molecule has 0 unspecified atom stereocenters. The summed E-state index contributed by atoms with van der Waals surface area (Å²) in [6.07, 6.45) is 5.60. The molecule has 2 aliphatic rings. The number of pyridine rings is 1. The van der Waals surface area contributed by atoms with Gasteiger partial charge in [0.15, 0.2) is 14.1 Å². The van der Waals surface area contributed by atoms with E-state index >= 15 is 0 Å². The highest BCUT2D eigenvalue weighted by Gasteiger charge is 2.44. The molecule has 49 heavy (non-hydrogen) atoms. The molecule has 0 spiro atoms. The molecule has 2 aromatic carbocycles. The van der Waals surface area contributed by atoms with E-state index in [4.69, 9.17) is 9.41 Å². The molecule has 0 bridgehead atoms. The van der Waals surface area contributed by atoms with Crippen molar-refractivity contribution < 1.29 is 12.8 Å². The van der Waals surface area contributed by atoms with Gasteiger partial charge in [-0.15, -0.1) is 0 Å². The maximum atomic E-state index is 14.1. The van der Waals surface area contributed by atoms with Gasteiger partial charge in [0.2, 0.25) is 5.95 Å². The van der Waals surface area contributed by atoms with Gasteiger partial charge in [0.25, 0.3) is 10.0 Å². The van der Waals surface area contributed by atoms with Crippen LogP contribution in [0.5, 0.6) is 0 Å². The molecule has 0 saturated carbocycles. The van der Waals surface area contributed by atoms with E-state index in [0.29, 0.717) is 23.3 Å². The number of nitrogens with one attached hydrogen (secondary N) is 1. The summed E-state index contributed by atoms with van der Waals surface area (Å²) in [5, 5.41) is 4.31. The molecule has 262 valence electrons. The van der Waals surface area contributed by atoms with E-state index in [9.17, 15) is 8.42 Å². The highest BCUT2D eigenvalue weighted by molar-refractivity contribution is 7.93. The molecule has 2 aromatic heterocycles. The number of sulfonamides is 1. The zero-order chi connectivity index (χ0) is 35.2. The second-order valence-corrected chi connectivity index (χ2v) is 22.3. The average Bonchev–Trinajstić information content (AvgIpc) is 3.34. The molecule has 0 amide bonds. The fourth-order valence-corrected chi connectivity index (χ4v) is 9.31. The van der Waals surface area contributed by atoms with Crippen LogP contribution in [0.15, 0.2) is 71.9 Å². The lowest BCUT2D eigenvalue weighted by Crippen LogP contribution is -2.46. The predicted octanol–water partition coefficient (Wildman–Crippen LogP) is 7.18. The highest BCUT2D eigenvalue weighted by atomic mass is 32.2. The SMILES string of the molecule is CN(CCO[Si](C)(C)C(C)(C)C)C1CCN(c2ccc(Nc3ncc4c(n3)N(S(=O)(=O)c3cccc5cccnc35)CC4(C)C)cc2)CC1. The fraction of sp³-hybridized carbons (Fsp3) is 0.486. The lowest BCUT2D eigenvalue weighted by atomic mass is 9.89. The minimum Gasteiger partial charge on any atom is -0.416 e. The van der Waals surface area contributed by atoms with Crippen molar-refractivity contribution in [3.63, 3.8) is 0 Å². The quantitative estimate of drug-likeness (QED) is 0.172. The monoisotopic (exact) mass is 701 g/mol. The second-order valence-electron chi connectivity index (χ2n) is 15.6. The Morgan fingerprint density at radius 3 is 2.41 bits per heavy atom. The number of fused-ring (bicyclic) bond motifs is 2. The zero-order valence-electron chi connectivity index (χ0n) is 30.2. The topological polar surface area (TPSA) is 104 Å². The lowest BCUT2D eigenvalue weighted by Gasteiger charge is -2.39. The van der Waals surface area contributed by atoms with Gasteiger partial charge in [-0.2, -0.15) is 4.98 Å². The minimum atomic E-state index is -3.94. The predicted molar refractivity (Wildman–Crippen MR) is 202 cm³/mol. The van der Waals surface area contributed by atoms with Crippen molar-refractivity contribution in [2.75, 3.05) is 54.4 Å². The van der Waals surface area contributed by atoms with Crippen LogP contribution in [0.4, 0.5) is 23.1 Å². The van der Waals surface area contributed by atoms with Gasteiger partial charge in [-0.3, -0.25) is 4.98 Å². The van der Waals surface area contributed by atoms with E-state index < -0.39 is 23.8 Å². The lowest BCUT2D eigenvalue weighted by molar-refractivity contribution is 0.164.